The molecule has 1 heterocycles. The highest BCUT2D eigenvalue weighted by molar-refractivity contribution is 5.60. The van der Waals surface area contributed by atoms with Crippen molar-refractivity contribution in [3.05, 3.63) is 23.8 Å². The molecule has 0 radical (unpaired) electrons. The van der Waals surface area contributed by atoms with Crippen LogP contribution in [-0.2, 0) is 4.74 Å². The second-order valence-electron chi connectivity index (χ2n) is 4.90. The fraction of sp³-hybridized carbons (Fsp3) is 0.600. The van der Waals surface area contributed by atoms with E-state index in [-0.39, 0.29) is 0 Å². The van der Waals surface area contributed by atoms with Gasteiger partial charge in [0.1, 0.15) is 5.75 Å². The first-order valence-corrected chi connectivity index (χ1v) is 6.99. The van der Waals surface area contributed by atoms with Gasteiger partial charge < -0.3 is 19.7 Å². The standard InChI is InChI=1S/C15H24N2O2/c1-13-4-5-15(19-11-3-10-18-2)14(12-13)17-8-6-16-7-9-17/h4-5,12,16H,3,6-11H2,1-2H3. The van der Waals surface area contributed by atoms with E-state index >= 15 is 0 Å². The van der Waals surface area contributed by atoms with Crippen LogP contribution in [0.2, 0.25) is 0 Å². The molecule has 2 rings (SSSR count). The molecule has 1 aromatic rings. The van der Waals surface area contributed by atoms with Crippen molar-refractivity contribution in [2.45, 2.75) is 13.3 Å². The lowest BCUT2D eigenvalue weighted by molar-refractivity contribution is 0.172. The van der Waals surface area contributed by atoms with Crippen molar-refractivity contribution in [1.82, 2.24) is 5.32 Å². The van der Waals surface area contributed by atoms with Gasteiger partial charge in [-0.15, -0.1) is 0 Å². The van der Waals surface area contributed by atoms with Crippen molar-refractivity contribution in [2.75, 3.05) is 51.4 Å². The SMILES string of the molecule is COCCCOc1ccc(C)cc1N1CCNCC1. The maximum atomic E-state index is 5.91. The Bertz CT molecular complexity index is 390. The zero-order chi connectivity index (χ0) is 13.5. The Balaban J connectivity index is 2.03. The highest BCUT2D eigenvalue weighted by atomic mass is 16.5. The van der Waals surface area contributed by atoms with Crippen LogP contribution in [0.15, 0.2) is 18.2 Å². The summed E-state index contributed by atoms with van der Waals surface area (Å²) >= 11 is 0. The predicted molar refractivity (Wildman–Crippen MR) is 78.2 cm³/mol. The third kappa shape index (κ3) is 4.11. The van der Waals surface area contributed by atoms with E-state index in [0.717, 1.165) is 45.0 Å². The lowest BCUT2D eigenvalue weighted by Crippen LogP contribution is -2.43. The monoisotopic (exact) mass is 264 g/mol. The molecule has 19 heavy (non-hydrogen) atoms. The number of aryl methyl sites for hydroxylation is 1. The second kappa shape index (κ2) is 7.36. The molecule has 0 aromatic heterocycles. The van der Waals surface area contributed by atoms with Crippen LogP contribution >= 0.6 is 0 Å². The van der Waals surface area contributed by atoms with E-state index in [0.29, 0.717) is 6.61 Å². The van der Waals surface area contributed by atoms with E-state index < -0.39 is 0 Å². The van der Waals surface area contributed by atoms with Crippen LogP contribution in [0.5, 0.6) is 5.75 Å². The van der Waals surface area contributed by atoms with E-state index in [1.54, 1.807) is 7.11 Å². The Labute approximate surface area is 115 Å². The molecular formula is C15H24N2O2. The third-order valence-electron chi connectivity index (χ3n) is 3.32. The van der Waals surface area contributed by atoms with Crippen LogP contribution in [0.4, 0.5) is 5.69 Å². The normalized spacial score (nSPS) is 15.6. The number of nitrogens with one attached hydrogen (secondary N) is 1. The topological polar surface area (TPSA) is 33.7 Å². The summed E-state index contributed by atoms with van der Waals surface area (Å²) in [5.41, 5.74) is 2.50. The molecule has 4 heteroatoms. The van der Waals surface area contributed by atoms with Gasteiger partial charge >= 0.3 is 0 Å². The molecular weight excluding hydrogens is 240 g/mol. The molecule has 0 bridgehead atoms. The maximum Gasteiger partial charge on any atom is 0.142 e. The molecule has 4 nitrogen and oxygen atoms in total. The highest BCUT2D eigenvalue weighted by Gasteiger charge is 2.15. The van der Waals surface area contributed by atoms with Crippen molar-refractivity contribution >= 4 is 5.69 Å². The van der Waals surface area contributed by atoms with Crippen LogP contribution in [0, 0.1) is 6.92 Å². The Hall–Kier alpha value is -1.26. The molecule has 106 valence electrons. The van der Waals surface area contributed by atoms with Crippen LogP contribution in [0.25, 0.3) is 0 Å². The molecule has 1 saturated heterocycles. The lowest BCUT2D eigenvalue weighted by atomic mass is 10.1. The molecule has 0 unspecified atom stereocenters. The van der Waals surface area contributed by atoms with Gasteiger partial charge in [-0.25, -0.2) is 0 Å². The second-order valence-corrected chi connectivity index (χ2v) is 4.90. The summed E-state index contributed by atoms with van der Waals surface area (Å²) in [6, 6.07) is 6.41. The van der Waals surface area contributed by atoms with Gasteiger partial charge in [0.15, 0.2) is 0 Å². The molecule has 0 atom stereocenters. The minimum Gasteiger partial charge on any atom is -0.491 e. The molecule has 0 saturated carbocycles. The van der Waals surface area contributed by atoms with Crippen LogP contribution in [0.1, 0.15) is 12.0 Å². The van der Waals surface area contributed by atoms with E-state index in [1.807, 2.05) is 0 Å². The molecule has 1 fully saturated rings. The first-order valence-electron chi connectivity index (χ1n) is 6.99. The predicted octanol–water partition coefficient (Wildman–Crippen LogP) is 1.82. The number of ether oxygens (including phenoxy) is 2. The fourth-order valence-electron chi connectivity index (χ4n) is 2.29. The van der Waals surface area contributed by atoms with Gasteiger partial charge in [-0.05, 0) is 24.6 Å². The summed E-state index contributed by atoms with van der Waals surface area (Å²) in [4.78, 5) is 2.40. The van der Waals surface area contributed by atoms with Gasteiger partial charge in [0.2, 0.25) is 0 Å². The zero-order valence-corrected chi connectivity index (χ0v) is 11.9. The number of hydrogen-bond acceptors (Lipinski definition) is 4. The largest absolute Gasteiger partial charge is 0.491 e. The molecule has 1 N–H and O–H groups in total. The zero-order valence-electron chi connectivity index (χ0n) is 11.9. The average molecular weight is 264 g/mol. The Morgan fingerprint density at radius 1 is 1.21 bits per heavy atom. The van der Waals surface area contributed by atoms with Gasteiger partial charge in [0.05, 0.1) is 12.3 Å². The fourth-order valence-corrected chi connectivity index (χ4v) is 2.29. The van der Waals surface area contributed by atoms with Crippen molar-refractivity contribution < 1.29 is 9.47 Å². The van der Waals surface area contributed by atoms with Crippen molar-refractivity contribution in [1.29, 1.82) is 0 Å². The molecule has 1 aliphatic heterocycles. The van der Waals surface area contributed by atoms with Gasteiger partial charge in [-0.1, -0.05) is 6.07 Å². The van der Waals surface area contributed by atoms with Gasteiger partial charge in [-0.2, -0.15) is 0 Å². The van der Waals surface area contributed by atoms with Crippen molar-refractivity contribution in [3.8, 4) is 5.75 Å². The van der Waals surface area contributed by atoms with Gasteiger partial charge in [-0.3, -0.25) is 0 Å². The lowest BCUT2D eigenvalue weighted by Gasteiger charge is -2.31. The molecule has 0 amide bonds. The van der Waals surface area contributed by atoms with Crippen molar-refractivity contribution in [3.63, 3.8) is 0 Å². The number of anilines is 1. The first kappa shape index (κ1) is 14.2. The number of piperazine rings is 1. The number of hydrogen-bond donors (Lipinski definition) is 1. The smallest absolute Gasteiger partial charge is 0.142 e. The van der Waals surface area contributed by atoms with Crippen LogP contribution in [0.3, 0.4) is 0 Å². The molecule has 0 spiro atoms. The number of nitrogens with zero attached hydrogens (tertiary/aromatic N) is 1. The van der Waals surface area contributed by atoms with Crippen LogP contribution in [-0.4, -0.2) is 46.5 Å². The van der Waals surface area contributed by atoms with E-state index in [9.17, 15) is 0 Å². The number of rotatable bonds is 6. The molecule has 1 aliphatic rings. The highest BCUT2D eigenvalue weighted by Crippen LogP contribution is 2.29. The average Bonchev–Trinajstić information content (AvgIpc) is 2.46. The third-order valence-corrected chi connectivity index (χ3v) is 3.32. The van der Waals surface area contributed by atoms with Gasteiger partial charge in [0.25, 0.3) is 0 Å². The number of benzene rings is 1. The van der Waals surface area contributed by atoms with E-state index in [4.69, 9.17) is 9.47 Å². The summed E-state index contributed by atoms with van der Waals surface area (Å²) in [5.74, 6) is 0.989. The summed E-state index contributed by atoms with van der Waals surface area (Å²) in [6.07, 6.45) is 0.922. The minimum absolute atomic E-state index is 0.704. The summed E-state index contributed by atoms with van der Waals surface area (Å²) in [5, 5.41) is 3.38. The van der Waals surface area contributed by atoms with E-state index in [1.165, 1.54) is 11.3 Å². The molecule has 0 aliphatic carbocycles. The van der Waals surface area contributed by atoms with Crippen LogP contribution < -0.4 is 15.0 Å². The summed E-state index contributed by atoms with van der Waals surface area (Å²) < 4.78 is 11.0. The quantitative estimate of drug-likeness (QED) is 0.795. The van der Waals surface area contributed by atoms with Crippen molar-refractivity contribution in [2.24, 2.45) is 0 Å². The van der Waals surface area contributed by atoms with E-state index in [2.05, 4.69) is 35.3 Å². The maximum absolute atomic E-state index is 5.91. The van der Waals surface area contributed by atoms with Gasteiger partial charge in [0, 0.05) is 46.3 Å². The molecule has 1 aromatic carbocycles. The first-order chi connectivity index (χ1) is 9.31. The minimum atomic E-state index is 0.704. The Morgan fingerprint density at radius 3 is 2.74 bits per heavy atom. The Kier molecular flexibility index (Phi) is 5.48. The Morgan fingerprint density at radius 2 is 2.00 bits per heavy atom. The summed E-state index contributed by atoms with van der Waals surface area (Å²) in [6.45, 7) is 7.73. The number of methoxy groups -OCH3 is 1. The summed E-state index contributed by atoms with van der Waals surface area (Å²) in [7, 11) is 1.72.